The molecule has 13 heavy (non-hydrogen) atoms. The van der Waals surface area contributed by atoms with E-state index >= 15 is 0 Å². The van der Waals surface area contributed by atoms with Crippen LogP contribution in [-0.2, 0) is 4.74 Å². The van der Waals surface area contributed by atoms with Gasteiger partial charge in [0.2, 0.25) is 0 Å². The van der Waals surface area contributed by atoms with Crippen molar-refractivity contribution in [2.24, 2.45) is 0 Å². The van der Waals surface area contributed by atoms with Gasteiger partial charge in [0.05, 0.1) is 25.9 Å². The summed E-state index contributed by atoms with van der Waals surface area (Å²) in [6.07, 6.45) is 5.35. The minimum Gasteiger partial charge on any atom is -0.395 e. The van der Waals surface area contributed by atoms with Crippen molar-refractivity contribution in [2.45, 2.75) is 37.8 Å². The third-order valence-electron chi connectivity index (χ3n) is 3.28. The Labute approximate surface area is 79.7 Å². The highest BCUT2D eigenvalue weighted by Crippen LogP contribution is 2.26. The number of hydrogen-bond donors (Lipinski definition) is 1. The number of rotatable bonds is 2. The monoisotopic (exact) mass is 185 g/mol. The molecule has 76 valence electrons. The highest BCUT2D eigenvalue weighted by molar-refractivity contribution is 4.84. The first-order chi connectivity index (χ1) is 6.42. The fraction of sp³-hybridized carbons (Fsp3) is 1.00. The van der Waals surface area contributed by atoms with Gasteiger partial charge in [-0.3, -0.25) is 4.90 Å². The van der Waals surface area contributed by atoms with E-state index in [-0.39, 0.29) is 12.6 Å². The van der Waals surface area contributed by atoms with Gasteiger partial charge >= 0.3 is 0 Å². The first-order valence-corrected chi connectivity index (χ1v) is 5.36. The van der Waals surface area contributed by atoms with Crippen molar-refractivity contribution in [3.63, 3.8) is 0 Å². The SMILES string of the molecule is OCC1COCCN1C1CCCC1. The molecule has 0 aromatic heterocycles. The van der Waals surface area contributed by atoms with E-state index in [1.807, 2.05) is 0 Å². The lowest BCUT2D eigenvalue weighted by Gasteiger charge is -2.38. The Bertz CT molecular complexity index is 155. The van der Waals surface area contributed by atoms with Crippen molar-refractivity contribution in [2.75, 3.05) is 26.4 Å². The second kappa shape index (κ2) is 4.40. The maximum Gasteiger partial charge on any atom is 0.0644 e. The van der Waals surface area contributed by atoms with Gasteiger partial charge in [0.25, 0.3) is 0 Å². The number of morpholine rings is 1. The zero-order chi connectivity index (χ0) is 9.10. The van der Waals surface area contributed by atoms with E-state index in [4.69, 9.17) is 4.74 Å². The number of nitrogens with zero attached hydrogens (tertiary/aromatic N) is 1. The quantitative estimate of drug-likeness (QED) is 0.684. The molecule has 0 aromatic carbocycles. The highest BCUT2D eigenvalue weighted by Gasteiger charge is 2.30. The zero-order valence-corrected chi connectivity index (χ0v) is 8.11. The number of hydrogen-bond acceptors (Lipinski definition) is 3. The summed E-state index contributed by atoms with van der Waals surface area (Å²) in [5, 5.41) is 9.20. The lowest BCUT2D eigenvalue weighted by Crippen LogP contribution is -2.51. The molecule has 2 rings (SSSR count). The van der Waals surface area contributed by atoms with Crippen LogP contribution in [0.3, 0.4) is 0 Å². The molecule has 1 saturated heterocycles. The predicted octanol–water partition coefficient (Wildman–Crippen LogP) is 0.622. The van der Waals surface area contributed by atoms with Crippen molar-refractivity contribution >= 4 is 0 Å². The summed E-state index contributed by atoms with van der Waals surface area (Å²) in [6, 6.07) is 0.984. The van der Waals surface area contributed by atoms with Crippen LogP contribution in [0.15, 0.2) is 0 Å². The van der Waals surface area contributed by atoms with E-state index in [1.54, 1.807) is 0 Å². The fourth-order valence-electron chi connectivity index (χ4n) is 2.54. The van der Waals surface area contributed by atoms with Crippen LogP contribution in [0.2, 0.25) is 0 Å². The molecule has 0 aromatic rings. The Morgan fingerprint density at radius 2 is 2.08 bits per heavy atom. The van der Waals surface area contributed by atoms with E-state index in [9.17, 15) is 5.11 Å². The number of ether oxygens (including phenoxy) is 1. The lowest BCUT2D eigenvalue weighted by molar-refractivity contribution is -0.0459. The van der Waals surface area contributed by atoms with E-state index in [0.29, 0.717) is 6.61 Å². The summed E-state index contributed by atoms with van der Waals surface area (Å²) in [5.41, 5.74) is 0. The molecular weight excluding hydrogens is 166 g/mol. The third kappa shape index (κ3) is 2.03. The lowest BCUT2D eigenvalue weighted by atomic mass is 10.1. The maximum absolute atomic E-state index is 9.20. The van der Waals surface area contributed by atoms with Gasteiger partial charge in [-0.25, -0.2) is 0 Å². The van der Waals surface area contributed by atoms with Crippen LogP contribution in [0.1, 0.15) is 25.7 Å². The van der Waals surface area contributed by atoms with E-state index in [0.717, 1.165) is 19.2 Å². The molecule has 2 fully saturated rings. The van der Waals surface area contributed by atoms with Gasteiger partial charge in [-0.05, 0) is 12.8 Å². The molecule has 1 atom stereocenters. The summed E-state index contributed by atoms with van der Waals surface area (Å²) >= 11 is 0. The first kappa shape index (κ1) is 9.44. The van der Waals surface area contributed by atoms with Crippen LogP contribution in [0.25, 0.3) is 0 Å². The molecule has 2 aliphatic rings. The smallest absolute Gasteiger partial charge is 0.0644 e. The van der Waals surface area contributed by atoms with E-state index < -0.39 is 0 Å². The van der Waals surface area contributed by atoms with Crippen LogP contribution in [0.5, 0.6) is 0 Å². The summed E-state index contributed by atoms with van der Waals surface area (Å²) in [7, 11) is 0. The largest absolute Gasteiger partial charge is 0.395 e. The molecule has 0 radical (unpaired) electrons. The minimum atomic E-state index is 0.247. The van der Waals surface area contributed by atoms with Crippen LogP contribution >= 0.6 is 0 Å². The Morgan fingerprint density at radius 1 is 1.31 bits per heavy atom. The molecule has 0 amide bonds. The standard InChI is InChI=1S/C10H19NO2/c12-7-10-8-13-6-5-11(10)9-3-1-2-4-9/h9-10,12H,1-8H2. The average Bonchev–Trinajstić information content (AvgIpc) is 2.70. The predicted molar refractivity (Wildman–Crippen MR) is 50.7 cm³/mol. The van der Waals surface area contributed by atoms with Gasteiger partial charge in [-0.1, -0.05) is 12.8 Å². The van der Waals surface area contributed by atoms with Crippen molar-refractivity contribution in [1.82, 2.24) is 4.90 Å². The second-order valence-electron chi connectivity index (χ2n) is 4.09. The number of aliphatic hydroxyl groups excluding tert-OH is 1. The van der Waals surface area contributed by atoms with Crippen LogP contribution < -0.4 is 0 Å². The fourth-order valence-corrected chi connectivity index (χ4v) is 2.54. The average molecular weight is 185 g/mol. The van der Waals surface area contributed by atoms with Crippen molar-refractivity contribution in [3.05, 3.63) is 0 Å². The molecule has 3 heteroatoms. The van der Waals surface area contributed by atoms with Gasteiger partial charge < -0.3 is 9.84 Å². The normalized spacial score (nSPS) is 32.5. The zero-order valence-electron chi connectivity index (χ0n) is 8.11. The van der Waals surface area contributed by atoms with E-state index in [1.165, 1.54) is 25.7 Å². The summed E-state index contributed by atoms with van der Waals surface area (Å²) in [4.78, 5) is 2.45. The van der Waals surface area contributed by atoms with Gasteiger partial charge in [0.15, 0.2) is 0 Å². The molecule has 1 aliphatic heterocycles. The Kier molecular flexibility index (Phi) is 3.19. The second-order valence-corrected chi connectivity index (χ2v) is 4.09. The third-order valence-corrected chi connectivity index (χ3v) is 3.28. The summed E-state index contributed by atoms with van der Waals surface area (Å²) in [5.74, 6) is 0. The van der Waals surface area contributed by atoms with Crippen molar-refractivity contribution < 1.29 is 9.84 Å². The van der Waals surface area contributed by atoms with Crippen LogP contribution in [0.4, 0.5) is 0 Å². The topological polar surface area (TPSA) is 32.7 Å². The number of aliphatic hydroxyl groups is 1. The Balaban J connectivity index is 1.93. The van der Waals surface area contributed by atoms with Crippen LogP contribution in [-0.4, -0.2) is 48.5 Å². The molecule has 1 unspecified atom stereocenters. The van der Waals surface area contributed by atoms with E-state index in [2.05, 4.69) is 4.90 Å². The molecule has 3 nitrogen and oxygen atoms in total. The molecule has 0 bridgehead atoms. The molecule has 1 saturated carbocycles. The van der Waals surface area contributed by atoms with Crippen LogP contribution in [0, 0.1) is 0 Å². The van der Waals surface area contributed by atoms with Gasteiger partial charge in [0, 0.05) is 12.6 Å². The van der Waals surface area contributed by atoms with Gasteiger partial charge in [-0.15, -0.1) is 0 Å². The summed E-state index contributed by atoms with van der Waals surface area (Å²) in [6.45, 7) is 2.81. The van der Waals surface area contributed by atoms with Crippen molar-refractivity contribution in [3.8, 4) is 0 Å². The molecule has 0 spiro atoms. The minimum absolute atomic E-state index is 0.247. The molecular formula is C10H19NO2. The molecule has 1 aliphatic carbocycles. The molecule has 1 N–H and O–H groups in total. The Hall–Kier alpha value is -0.120. The Morgan fingerprint density at radius 3 is 2.77 bits per heavy atom. The molecule has 1 heterocycles. The van der Waals surface area contributed by atoms with Gasteiger partial charge in [-0.2, -0.15) is 0 Å². The maximum atomic E-state index is 9.20. The highest BCUT2D eigenvalue weighted by atomic mass is 16.5. The summed E-state index contributed by atoms with van der Waals surface area (Å²) < 4.78 is 5.36. The van der Waals surface area contributed by atoms with Crippen molar-refractivity contribution in [1.29, 1.82) is 0 Å². The first-order valence-electron chi connectivity index (χ1n) is 5.36. The van der Waals surface area contributed by atoms with Gasteiger partial charge in [0.1, 0.15) is 0 Å².